The van der Waals surface area contributed by atoms with E-state index in [2.05, 4.69) is 15.3 Å². The molecule has 0 bridgehead atoms. The molecule has 28 heavy (non-hydrogen) atoms. The molecule has 1 aromatic heterocycles. The van der Waals surface area contributed by atoms with E-state index in [1.165, 1.54) is 13.0 Å². The number of aliphatic imine (C=N–C) groups is 1. The molecule has 2 aromatic rings. The number of anilines is 1. The first-order valence-corrected chi connectivity index (χ1v) is 9.45. The second-order valence-corrected chi connectivity index (χ2v) is 8.09. The molecule has 0 radical (unpaired) electrons. The van der Waals surface area contributed by atoms with Gasteiger partial charge in [0.2, 0.25) is 16.0 Å². The first-order valence-electron chi connectivity index (χ1n) is 9.34. The quantitative estimate of drug-likeness (QED) is 0.791. The molecule has 3 rings (SSSR count). The third kappa shape index (κ3) is 3.65. The van der Waals surface area contributed by atoms with E-state index in [4.69, 9.17) is 9.85 Å². The van der Waals surface area contributed by atoms with Crippen molar-refractivity contribution in [3.8, 4) is 0 Å². The fraction of sp³-hybridized carbons (Fsp3) is 0.235. The number of pyridine rings is 1. The summed E-state index contributed by atoms with van der Waals surface area (Å²) >= 11 is 0. The summed E-state index contributed by atoms with van der Waals surface area (Å²) in [7, 11) is -4.47. The van der Waals surface area contributed by atoms with Crippen molar-refractivity contribution in [1.82, 2.24) is 9.29 Å². The van der Waals surface area contributed by atoms with Crippen LogP contribution in [0.1, 0.15) is 27.1 Å². The Morgan fingerprint density at radius 2 is 2.11 bits per heavy atom. The van der Waals surface area contributed by atoms with Crippen LogP contribution in [-0.4, -0.2) is 42.3 Å². The zero-order chi connectivity index (χ0) is 23.2. The number of carbonyl (C=O) groups excluding carboxylic acids is 1. The predicted octanol–water partition coefficient (Wildman–Crippen LogP) is 1.42. The summed E-state index contributed by atoms with van der Waals surface area (Å²) in [4.78, 5) is 19.9. The molecule has 11 heteroatoms. The maximum absolute atomic E-state index is 14.6. The highest BCUT2D eigenvalue weighted by Gasteiger charge is 2.41. The molecule has 0 aliphatic carbocycles. The van der Waals surface area contributed by atoms with Crippen molar-refractivity contribution in [2.75, 3.05) is 18.0 Å². The van der Waals surface area contributed by atoms with Crippen molar-refractivity contribution in [1.29, 1.82) is 0 Å². The van der Waals surface area contributed by atoms with Gasteiger partial charge in [0.15, 0.2) is 0 Å². The van der Waals surface area contributed by atoms with Crippen molar-refractivity contribution in [2.24, 2.45) is 10.7 Å². The van der Waals surface area contributed by atoms with Crippen LogP contribution >= 0.6 is 0 Å². The number of carbonyl (C=O) groups is 1. The second kappa shape index (κ2) is 6.82. The number of nitrogens with one attached hydrogen (secondary N) is 1. The number of aromatic nitrogens is 1. The number of nitrogens with two attached hydrogens (primary N) is 1. The Hall–Kier alpha value is -3.08. The SMILES string of the molecule is [2H]C([2H])([2H])N1C(N)=N[C@](C)(c2cc(NC(=O)c3ccc(F)cn3)ccc2F)CS1(=O)=O. The smallest absolute Gasteiger partial charge is 0.274 e. The molecule has 0 spiro atoms. The van der Waals surface area contributed by atoms with E-state index in [1.54, 1.807) is 0 Å². The first-order chi connectivity index (χ1) is 14.2. The normalized spacial score (nSPS) is 23.2. The molecule has 1 aliphatic heterocycles. The zero-order valence-electron chi connectivity index (χ0n) is 17.5. The molecule has 1 aromatic carbocycles. The van der Waals surface area contributed by atoms with E-state index in [-0.39, 0.29) is 21.2 Å². The lowest BCUT2D eigenvalue weighted by atomic mass is 9.93. The van der Waals surface area contributed by atoms with Gasteiger partial charge >= 0.3 is 0 Å². The number of hydrogen-bond donors (Lipinski definition) is 2. The van der Waals surface area contributed by atoms with Crippen LogP contribution in [0.4, 0.5) is 14.5 Å². The van der Waals surface area contributed by atoms with E-state index >= 15 is 0 Å². The van der Waals surface area contributed by atoms with Gasteiger partial charge in [0.1, 0.15) is 22.9 Å². The lowest BCUT2D eigenvalue weighted by Gasteiger charge is -2.34. The van der Waals surface area contributed by atoms with E-state index in [0.29, 0.717) is 0 Å². The van der Waals surface area contributed by atoms with Gasteiger partial charge in [-0.1, -0.05) is 0 Å². The lowest BCUT2D eigenvalue weighted by molar-refractivity contribution is 0.102. The minimum absolute atomic E-state index is 0.0193. The number of halogens is 2. The standard InChI is InChI=1S/C17H17F2N5O3S/c1-17(9-28(26,27)24(2)16(20)23-17)12-7-11(4-5-13(12)19)22-15(25)14-6-3-10(18)8-21-14/h3-8H,9H2,1-2H3,(H2,20,23)(H,22,25)/t17-/m0/s1/i2D3. The maximum atomic E-state index is 14.6. The van der Waals surface area contributed by atoms with Gasteiger partial charge in [-0.25, -0.2) is 31.5 Å². The second-order valence-electron chi connectivity index (χ2n) is 6.27. The Labute approximate surface area is 164 Å². The number of hydrogen-bond acceptors (Lipinski definition) is 6. The number of nitrogens with zero attached hydrogens (tertiary/aromatic N) is 3. The molecule has 0 saturated heterocycles. The monoisotopic (exact) mass is 412 g/mol. The fourth-order valence-electron chi connectivity index (χ4n) is 2.75. The minimum Gasteiger partial charge on any atom is -0.369 e. The van der Waals surface area contributed by atoms with Crippen molar-refractivity contribution in [3.63, 3.8) is 0 Å². The van der Waals surface area contributed by atoms with Gasteiger partial charge in [0, 0.05) is 22.3 Å². The summed E-state index contributed by atoms with van der Waals surface area (Å²) in [5, 5.41) is 2.45. The Kier molecular flexibility index (Phi) is 3.88. The Morgan fingerprint density at radius 3 is 2.71 bits per heavy atom. The highest BCUT2D eigenvalue weighted by atomic mass is 32.2. The Balaban J connectivity index is 1.99. The minimum atomic E-state index is -4.47. The number of amides is 1. The van der Waals surface area contributed by atoms with E-state index < -0.39 is 51.8 Å². The van der Waals surface area contributed by atoms with Gasteiger partial charge in [0.05, 0.1) is 11.9 Å². The average Bonchev–Trinajstić information content (AvgIpc) is 2.60. The van der Waals surface area contributed by atoms with Crippen molar-refractivity contribution < 1.29 is 26.1 Å². The van der Waals surface area contributed by atoms with Crippen LogP contribution in [0.15, 0.2) is 41.5 Å². The van der Waals surface area contributed by atoms with Gasteiger partial charge in [-0.3, -0.25) is 4.79 Å². The molecular weight excluding hydrogens is 392 g/mol. The third-order valence-electron chi connectivity index (χ3n) is 4.08. The van der Waals surface area contributed by atoms with Crippen LogP contribution in [0.25, 0.3) is 0 Å². The molecule has 2 heterocycles. The van der Waals surface area contributed by atoms with E-state index in [0.717, 1.165) is 30.5 Å². The molecule has 1 amide bonds. The van der Waals surface area contributed by atoms with Gasteiger partial charge in [-0.2, -0.15) is 0 Å². The third-order valence-corrected chi connectivity index (χ3v) is 5.75. The number of sulfonamides is 1. The molecule has 1 aliphatic rings. The van der Waals surface area contributed by atoms with Crippen LogP contribution in [0.3, 0.4) is 0 Å². The highest BCUT2D eigenvalue weighted by molar-refractivity contribution is 7.89. The molecule has 148 valence electrons. The molecular formula is C17H17F2N5O3S. The van der Waals surface area contributed by atoms with Crippen molar-refractivity contribution in [3.05, 3.63) is 59.4 Å². The Morgan fingerprint density at radius 1 is 1.36 bits per heavy atom. The van der Waals surface area contributed by atoms with E-state index in [9.17, 15) is 22.0 Å². The number of benzene rings is 1. The molecule has 3 N–H and O–H groups in total. The van der Waals surface area contributed by atoms with Crippen LogP contribution in [0, 0.1) is 11.6 Å². The van der Waals surface area contributed by atoms with Crippen LogP contribution in [0.2, 0.25) is 0 Å². The first kappa shape index (κ1) is 15.9. The topological polar surface area (TPSA) is 118 Å². The van der Waals surface area contributed by atoms with Crippen LogP contribution in [0.5, 0.6) is 0 Å². The summed E-state index contributed by atoms with van der Waals surface area (Å²) in [6.45, 7) is -1.82. The molecule has 0 fully saturated rings. The van der Waals surface area contributed by atoms with Crippen LogP contribution in [-0.2, 0) is 15.6 Å². The average molecular weight is 412 g/mol. The molecule has 0 unspecified atom stereocenters. The number of rotatable bonds is 3. The molecule has 0 saturated carbocycles. The maximum Gasteiger partial charge on any atom is 0.274 e. The van der Waals surface area contributed by atoms with Gasteiger partial charge in [0.25, 0.3) is 5.91 Å². The fourth-order valence-corrected chi connectivity index (χ4v) is 4.14. The largest absolute Gasteiger partial charge is 0.369 e. The van der Waals surface area contributed by atoms with E-state index in [1.807, 2.05) is 0 Å². The number of guanidine groups is 1. The van der Waals surface area contributed by atoms with Gasteiger partial charge in [-0.05, 0) is 37.3 Å². The van der Waals surface area contributed by atoms with Crippen molar-refractivity contribution in [2.45, 2.75) is 12.5 Å². The zero-order valence-corrected chi connectivity index (χ0v) is 15.3. The summed E-state index contributed by atoms with van der Waals surface area (Å²) in [6, 6.07) is 5.57. The summed E-state index contributed by atoms with van der Waals surface area (Å²) in [5.74, 6) is -3.86. The highest BCUT2D eigenvalue weighted by Crippen LogP contribution is 2.34. The van der Waals surface area contributed by atoms with Gasteiger partial charge in [-0.15, -0.1) is 0 Å². The van der Waals surface area contributed by atoms with Gasteiger partial charge < -0.3 is 11.1 Å². The summed E-state index contributed by atoms with van der Waals surface area (Å²) in [6.07, 6.45) is 0.854. The predicted molar refractivity (Wildman–Crippen MR) is 99.1 cm³/mol. The lowest BCUT2D eigenvalue weighted by Crippen LogP contribution is -2.50. The Bertz CT molecular complexity index is 1170. The van der Waals surface area contributed by atoms with Crippen molar-refractivity contribution >= 4 is 27.6 Å². The molecule has 1 atom stereocenters. The van der Waals surface area contributed by atoms with Crippen LogP contribution < -0.4 is 11.1 Å². The summed E-state index contributed by atoms with van der Waals surface area (Å²) < 4.78 is 74.9. The molecule has 8 nitrogen and oxygen atoms in total. The summed E-state index contributed by atoms with van der Waals surface area (Å²) in [5.41, 5.74) is 3.61.